The molecule has 0 spiro atoms. The molecule has 4 aromatic rings. The van der Waals surface area contributed by atoms with Gasteiger partial charge in [0.1, 0.15) is 16.7 Å². The van der Waals surface area contributed by atoms with E-state index >= 15 is 0 Å². The van der Waals surface area contributed by atoms with E-state index in [1.165, 1.54) is 17.8 Å². The summed E-state index contributed by atoms with van der Waals surface area (Å²) >= 11 is 1.48. The van der Waals surface area contributed by atoms with Gasteiger partial charge in [-0.2, -0.15) is 10.4 Å². The molecule has 41 heavy (non-hydrogen) atoms. The smallest absolute Gasteiger partial charge is 0.335 e. The van der Waals surface area contributed by atoms with E-state index in [-0.39, 0.29) is 29.7 Å². The number of nitrogens with zero attached hydrogens (tertiary/aromatic N) is 6. The minimum Gasteiger partial charge on any atom is -0.478 e. The van der Waals surface area contributed by atoms with Crippen LogP contribution >= 0.6 is 11.8 Å². The molecule has 12 heteroatoms. The quantitative estimate of drug-likeness (QED) is 0.262. The Bertz CT molecular complexity index is 1590. The lowest BCUT2D eigenvalue weighted by Gasteiger charge is -2.32. The molecule has 0 saturated carbocycles. The van der Waals surface area contributed by atoms with Crippen molar-refractivity contribution < 1.29 is 19.0 Å². The van der Waals surface area contributed by atoms with Gasteiger partial charge in [0.25, 0.3) is 0 Å². The van der Waals surface area contributed by atoms with E-state index < -0.39 is 5.97 Å². The van der Waals surface area contributed by atoms with Gasteiger partial charge in [-0.25, -0.2) is 14.2 Å². The number of thioether (sulfide) groups is 1. The minimum atomic E-state index is -0.945. The maximum atomic E-state index is 14.2. The van der Waals surface area contributed by atoms with Crippen LogP contribution in [0, 0.1) is 17.1 Å². The van der Waals surface area contributed by atoms with Gasteiger partial charge >= 0.3 is 5.97 Å². The SMILES string of the molecule is N.N#Cc1ccc(CSc2ccn(C3CCN(Cc4nc5ccc(C(=O)O)cc5n4C[C@@H]4CCO4)CC3)n2)c(F)c1. The molecule has 4 N–H and O–H groups in total. The summed E-state index contributed by atoms with van der Waals surface area (Å²) in [6.07, 6.45) is 5.03. The number of hydrogen-bond donors (Lipinski definition) is 2. The Morgan fingerprint density at radius 2 is 1.98 bits per heavy atom. The number of hydrogen-bond acceptors (Lipinski definition) is 8. The normalized spacial score (nSPS) is 17.6. The molecule has 4 heterocycles. The van der Waals surface area contributed by atoms with Crippen LogP contribution in [0.2, 0.25) is 0 Å². The van der Waals surface area contributed by atoms with Crippen LogP contribution in [-0.4, -0.2) is 61.1 Å². The number of carboxylic acids is 1. The molecule has 2 aromatic heterocycles. The van der Waals surface area contributed by atoms with E-state index in [2.05, 4.69) is 9.47 Å². The number of ether oxygens (including phenoxy) is 1. The van der Waals surface area contributed by atoms with Gasteiger partial charge in [-0.15, -0.1) is 0 Å². The first-order valence-corrected chi connectivity index (χ1v) is 14.4. The number of halogens is 1. The first kappa shape index (κ1) is 28.8. The van der Waals surface area contributed by atoms with Gasteiger partial charge in [-0.3, -0.25) is 9.58 Å². The number of rotatable bonds is 9. The van der Waals surface area contributed by atoms with Crippen LogP contribution < -0.4 is 6.15 Å². The van der Waals surface area contributed by atoms with Crippen LogP contribution in [0.4, 0.5) is 4.39 Å². The molecule has 0 aliphatic carbocycles. The topological polar surface area (TPSA) is 144 Å². The summed E-state index contributed by atoms with van der Waals surface area (Å²) in [5, 5.41) is 24.0. The first-order valence-electron chi connectivity index (χ1n) is 13.4. The highest BCUT2D eigenvalue weighted by Gasteiger charge is 2.26. The van der Waals surface area contributed by atoms with Crippen LogP contribution in [0.25, 0.3) is 11.0 Å². The van der Waals surface area contributed by atoms with Crippen molar-refractivity contribution in [1.29, 1.82) is 5.26 Å². The molecule has 10 nitrogen and oxygen atoms in total. The molecular weight excluding hydrogens is 545 g/mol. The summed E-state index contributed by atoms with van der Waals surface area (Å²) in [7, 11) is 0. The van der Waals surface area contributed by atoms with Crippen LogP contribution in [-0.2, 0) is 23.6 Å². The molecule has 6 rings (SSSR count). The predicted octanol–water partition coefficient (Wildman–Crippen LogP) is 5.02. The summed E-state index contributed by atoms with van der Waals surface area (Å²) in [4.78, 5) is 18.8. The maximum absolute atomic E-state index is 14.2. The number of fused-ring (bicyclic) bond motifs is 1. The van der Waals surface area contributed by atoms with Crippen molar-refractivity contribution in [2.45, 2.75) is 55.3 Å². The fourth-order valence-electron chi connectivity index (χ4n) is 5.29. The second kappa shape index (κ2) is 12.4. The van der Waals surface area contributed by atoms with E-state index in [1.54, 1.807) is 30.3 Å². The lowest BCUT2D eigenvalue weighted by atomic mass is 10.1. The van der Waals surface area contributed by atoms with E-state index in [1.807, 2.05) is 23.0 Å². The molecule has 2 saturated heterocycles. The molecule has 214 valence electrons. The summed E-state index contributed by atoms with van der Waals surface area (Å²) in [6, 6.07) is 13.9. The number of piperidine rings is 1. The van der Waals surface area contributed by atoms with Crippen LogP contribution in [0.3, 0.4) is 0 Å². The number of aromatic carboxylic acids is 1. The van der Waals surface area contributed by atoms with Gasteiger partial charge in [-0.1, -0.05) is 17.8 Å². The number of nitriles is 1. The fourth-order valence-corrected chi connectivity index (χ4v) is 6.14. The number of imidazole rings is 1. The molecule has 0 bridgehead atoms. The average molecular weight is 578 g/mol. The molecule has 2 aromatic carbocycles. The van der Waals surface area contributed by atoms with E-state index in [0.29, 0.717) is 30.0 Å². The van der Waals surface area contributed by atoms with E-state index in [4.69, 9.17) is 20.1 Å². The summed E-state index contributed by atoms with van der Waals surface area (Å²) in [5.41, 5.74) is 2.77. The van der Waals surface area contributed by atoms with Gasteiger partial charge < -0.3 is 20.6 Å². The third-order valence-corrected chi connectivity index (χ3v) is 8.66. The standard InChI is InChI=1S/C29H29FN6O3S.H3N/c30-24-13-19(15-31)1-2-21(24)18-40-28-7-11-36(33-28)22-5-9-34(10-6-22)17-27-32-25-4-3-20(29(37)38)14-26(25)35(27)16-23-8-12-39-23;/h1-4,7,11,13-14,22-23H,5-6,8-10,12,16-18H2,(H,37,38);1H3/t23-;/m0./s1. The maximum Gasteiger partial charge on any atom is 0.335 e. The highest BCUT2D eigenvalue weighted by Crippen LogP contribution is 2.28. The molecule has 2 fully saturated rings. The van der Waals surface area contributed by atoms with Crippen molar-refractivity contribution in [3.05, 3.63) is 77.0 Å². The highest BCUT2D eigenvalue weighted by atomic mass is 32.2. The van der Waals surface area contributed by atoms with E-state index in [0.717, 1.165) is 60.8 Å². The van der Waals surface area contributed by atoms with Crippen molar-refractivity contribution in [3.8, 4) is 6.07 Å². The second-order valence-electron chi connectivity index (χ2n) is 10.3. The van der Waals surface area contributed by atoms with Crippen molar-refractivity contribution in [1.82, 2.24) is 30.4 Å². The first-order chi connectivity index (χ1) is 19.5. The largest absolute Gasteiger partial charge is 0.478 e. The van der Waals surface area contributed by atoms with Gasteiger partial charge in [0.2, 0.25) is 0 Å². The van der Waals surface area contributed by atoms with Gasteiger partial charge in [-0.05, 0) is 61.2 Å². The van der Waals surface area contributed by atoms with Crippen LogP contribution in [0.5, 0.6) is 0 Å². The van der Waals surface area contributed by atoms with Crippen molar-refractivity contribution >= 4 is 28.8 Å². The molecule has 2 aliphatic heterocycles. The molecule has 1 atom stereocenters. The third-order valence-electron chi connectivity index (χ3n) is 7.69. The monoisotopic (exact) mass is 577 g/mol. The number of likely N-dealkylation sites (tertiary alicyclic amines) is 1. The zero-order valence-electron chi connectivity index (χ0n) is 22.6. The molecule has 2 aliphatic rings. The lowest BCUT2D eigenvalue weighted by Crippen LogP contribution is -2.36. The fraction of sp³-hybridized carbons (Fsp3) is 0.379. The van der Waals surface area contributed by atoms with Crippen molar-refractivity contribution in [2.24, 2.45) is 0 Å². The highest BCUT2D eigenvalue weighted by molar-refractivity contribution is 7.98. The Kier molecular flexibility index (Phi) is 8.70. The second-order valence-corrected chi connectivity index (χ2v) is 11.3. The predicted molar refractivity (Wildman–Crippen MR) is 153 cm³/mol. The summed E-state index contributed by atoms with van der Waals surface area (Å²) in [5.74, 6) is 0.0712. The van der Waals surface area contributed by atoms with Crippen molar-refractivity contribution in [3.63, 3.8) is 0 Å². The number of aromatic nitrogens is 4. The Hall–Kier alpha value is -3.76. The summed E-state index contributed by atoms with van der Waals surface area (Å²) in [6.45, 7) is 3.92. The number of carboxylic acid groups (broad SMARTS) is 1. The molecule has 0 radical (unpaired) electrons. The van der Waals surface area contributed by atoms with Crippen LogP contribution in [0.15, 0.2) is 53.7 Å². The average Bonchev–Trinajstić information content (AvgIpc) is 3.54. The third kappa shape index (κ3) is 6.28. The summed E-state index contributed by atoms with van der Waals surface area (Å²) < 4.78 is 24.0. The van der Waals surface area contributed by atoms with Gasteiger partial charge in [0, 0.05) is 31.6 Å². The van der Waals surface area contributed by atoms with Gasteiger partial charge in [0.15, 0.2) is 0 Å². The molecule has 0 amide bonds. The molecule has 0 unspecified atom stereocenters. The van der Waals surface area contributed by atoms with Crippen molar-refractivity contribution in [2.75, 3.05) is 19.7 Å². The lowest BCUT2D eigenvalue weighted by molar-refractivity contribution is -0.0592. The van der Waals surface area contributed by atoms with Crippen LogP contribution in [0.1, 0.15) is 52.6 Å². The number of carbonyl (C=O) groups is 1. The Balaban J connectivity index is 0.00000337. The zero-order chi connectivity index (χ0) is 27.6. The Labute approximate surface area is 241 Å². The molecular formula is C29H32FN7O3S. The van der Waals surface area contributed by atoms with Gasteiger partial charge in [0.05, 0.1) is 53.5 Å². The minimum absolute atomic E-state index is 0. The number of benzene rings is 2. The Morgan fingerprint density at radius 3 is 2.66 bits per heavy atom. The zero-order valence-corrected chi connectivity index (χ0v) is 23.4. The Morgan fingerprint density at radius 1 is 1.17 bits per heavy atom. The van der Waals surface area contributed by atoms with E-state index in [9.17, 15) is 14.3 Å².